The number of nitrogens with zero attached hydrogens (tertiary/aromatic N) is 1. The zero-order valence-electron chi connectivity index (χ0n) is 10.6. The number of piperazine rings is 1. The molecule has 2 unspecified atom stereocenters. The third kappa shape index (κ3) is 2.23. The van der Waals surface area contributed by atoms with Gasteiger partial charge in [-0.1, -0.05) is 18.2 Å². The van der Waals surface area contributed by atoms with E-state index in [1.807, 2.05) is 6.07 Å². The van der Waals surface area contributed by atoms with Crippen LogP contribution in [-0.4, -0.2) is 50.3 Å². The normalized spacial score (nSPS) is 27.8. The second-order valence-electron chi connectivity index (χ2n) is 5.13. The fourth-order valence-electron chi connectivity index (χ4n) is 2.94. The summed E-state index contributed by atoms with van der Waals surface area (Å²) in [7, 11) is 0. The number of ether oxygens (including phenoxy) is 1. The Morgan fingerprint density at radius 2 is 2.28 bits per heavy atom. The maximum Gasteiger partial charge on any atom is 0.122 e. The first-order chi connectivity index (χ1) is 8.88. The number of hydrogen-bond donors (Lipinski definition) is 2. The van der Waals surface area contributed by atoms with Crippen LogP contribution in [-0.2, 0) is 0 Å². The molecule has 0 saturated carbocycles. The van der Waals surface area contributed by atoms with Crippen molar-refractivity contribution >= 4 is 0 Å². The van der Waals surface area contributed by atoms with Crippen molar-refractivity contribution in [2.75, 3.05) is 39.3 Å². The Morgan fingerprint density at radius 3 is 3.17 bits per heavy atom. The molecule has 1 saturated heterocycles. The van der Waals surface area contributed by atoms with Crippen molar-refractivity contribution in [2.24, 2.45) is 5.73 Å². The summed E-state index contributed by atoms with van der Waals surface area (Å²) in [6.07, 6.45) is 0. The quantitative estimate of drug-likeness (QED) is 0.811. The Bertz CT molecular complexity index is 410. The van der Waals surface area contributed by atoms with E-state index in [9.17, 15) is 0 Å². The van der Waals surface area contributed by atoms with E-state index in [4.69, 9.17) is 10.5 Å². The molecule has 0 radical (unpaired) electrons. The monoisotopic (exact) mass is 247 g/mol. The standard InChI is InChI=1S/C14H21N3O/c15-7-12-8-16-5-6-17(12)9-11-10-18-14-4-2-1-3-13(11)14/h1-4,11-12,16H,5-10,15H2. The predicted molar refractivity (Wildman–Crippen MR) is 72.0 cm³/mol. The lowest BCUT2D eigenvalue weighted by atomic mass is 9.99. The summed E-state index contributed by atoms with van der Waals surface area (Å²) in [5.41, 5.74) is 7.20. The van der Waals surface area contributed by atoms with Crippen LogP contribution in [0.3, 0.4) is 0 Å². The molecule has 2 aliphatic rings. The molecule has 2 aliphatic heterocycles. The van der Waals surface area contributed by atoms with Gasteiger partial charge in [0.25, 0.3) is 0 Å². The van der Waals surface area contributed by atoms with Gasteiger partial charge >= 0.3 is 0 Å². The van der Waals surface area contributed by atoms with Crippen molar-refractivity contribution in [3.8, 4) is 5.75 Å². The van der Waals surface area contributed by atoms with Crippen LogP contribution in [0, 0.1) is 0 Å². The van der Waals surface area contributed by atoms with Gasteiger partial charge in [-0.15, -0.1) is 0 Å². The number of hydrogen-bond acceptors (Lipinski definition) is 4. The highest BCUT2D eigenvalue weighted by Gasteiger charge is 2.29. The van der Waals surface area contributed by atoms with E-state index in [0.29, 0.717) is 12.0 Å². The molecule has 3 N–H and O–H groups in total. The molecule has 3 rings (SSSR count). The molecule has 2 heterocycles. The summed E-state index contributed by atoms with van der Waals surface area (Å²) >= 11 is 0. The van der Waals surface area contributed by atoms with E-state index in [0.717, 1.165) is 45.1 Å². The van der Waals surface area contributed by atoms with Crippen molar-refractivity contribution in [1.29, 1.82) is 0 Å². The molecule has 0 aliphatic carbocycles. The third-order valence-corrected chi connectivity index (χ3v) is 4.00. The average molecular weight is 247 g/mol. The van der Waals surface area contributed by atoms with Gasteiger partial charge in [0.15, 0.2) is 0 Å². The van der Waals surface area contributed by atoms with Crippen LogP contribution in [0.1, 0.15) is 11.5 Å². The van der Waals surface area contributed by atoms with Crippen molar-refractivity contribution in [1.82, 2.24) is 10.2 Å². The lowest BCUT2D eigenvalue weighted by molar-refractivity contribution is 0.149. The van der Waals surface area contributed by atoms with Crippen LogP contribution in [0.4, 0.5) is 0 Å². The fraction of sp³-hybridized carbons (Fsp3) is 0.571. The van der Waals surface area contributed by atoms with Crippen molar-refractivity contribution in [2.45, 2.75) is 12.0 Å². The first-order valence-corrected chi connectivity index (χ1v) is 6.75. The molecule has 1 aromatic rings. The van der Waals surface area contributed by atoms with Gasteiger partial charge in [0, 0.05) is 50.2 Å². The zero-order valence-corrected chi connectivity index (χ0v) is 10.6. The Balaban J connectivity index is 1.70. The first-order valence-electron chi connectivity index (χ1n) is 6.75. The van der Waals surface area contributed by atoms with Crippen LogP contribution in [0.15, 0.2) is 24.3 Å². The van der Waals surface area contributed by atoms with Crippen molar-refractivity contribution in [3.63, 3.8) is 0 Å². The second-order valence-corrected chi connectivity index (χ2v) is 5.13. The summed E-state index contributed by atoms with van der Waals surface area (Å²) in [5.74, 6) is 1.55. The first kappa shape index (κ1) is 12.0. The zero-order chi connectivity index (χ0) is 12.4. The van der Waals surface area contributed by atoms with Gasteiger partial charge in [-0.05, 0) is 6.07 Å². The Kier molecular flexibility index (Phi) is 3.50. The van der Waals surface area contributed by atoms with Crippen LogP contribution < -0.4 is 15.8 Å². The minimum absolute atomic E-state index is 0.464. The minimum atomic E-state index is 0.464. The Hall–Kier alpha value is -1.10. The maximum absolute atomic E-state index is 5.85. The van der Waals surface area contributed by atoms with Gasteiger partial charge in [0.1, 0.15) is 5.75 Å². The van der Waals surface area contributed by atoms with Gasteiger partial charge in [0.05, 0.1) is 6.61 Å². The van der Waals surface area contributed by atoms with Crippen molar-refractivity contribution in [3.05, 3.63) is 29.8 Å². The summed E-state index contributed by atoms with van der Waals surface area (Å²) in [4.78, 5) is 2.51. The van der Waals surface area contributed by atoms with Gasteiger partial charge in [-0.25, -0.2) is 0 Å². The van der Waals surface area contributed by atoms with Crippen molar-refractivity contribution < 1.29 is 4.74 Å². The number of para-hydroxylation sites is 1. The molecule has 18 heavy (non-hydrogen) atoms. The molecule has 4 heteroatoms. The molecule has 4 nitrogen and oxygen atoms in total. The van der Waals surface area contributed by atoms with E-state index in [1.54, 1.807) is 0 Å². The summed E-state index contributed by atoms with van der Waals surface area (Å²) < 4.78 is 5.75. The Morgan fingerprint density at radius 1 is 1.39 bits per heavy atom. The summed E-state index contributed by atoms with van der Waals surface area (Å²) in [5, 5.41) is 3.41. The van der Waals surface area contributed by atoms with E-state index < -0.39 is 0 Å². The molecule has 1 aromatic carbocycles. The topological polar surface area (TPSA) is 50.5 Å². The largest absolute Gasteiger partial charge is 0.493 e. The third-order valence-electron chi connectivity index (χ3n) is 4.00. The van der Waals surface area contributed by atoms with Crippen LogP contribution in [0.2, 0.25) is 0 Å². The van der Waals surface area contributed by atoms with E-state index in [2.05, 4.69) is 28.4 Å². The molecule has 98 valence electrons. The lowest BCUT2D eigenvalue weighted by Crippen LogP contribution is -2.55. The van der Waals surface area contributed by atoms with E-state index in [-0.39, 0.29) is 0 Å². The van der Waals surface area contributed by atoms with E-state index >= 15 is 0 Å². The SMILES string of the molecule is NCC1CNCCN1CC1COc2ccccc21. The molecule has 1 fully saturated rings. The number of nitrogens with one attached hydrogen (secondary N) is 1. The second kappa shape index (κ2) is 5.26. The highest BCUT2D eigenvalue weighted by molar-refractivity contribution is 5.39. The number of rotatable bonds is 3. The van der Waals surface area contributed by atoms with Crippen LogP contribution >= 0.6 is 0 Å². The van der Waals surface area contributed by atoms with Gasteiger partial charge in [0.2, 0.25) is 0 Å². The molecule has 2 atom stereocenters. The molecular weight excluding hydrogens is 226 g/mol. The Labute approximate surface area is 108 Å². The minimum Gasteiger partial charge on any atom is -0.493 e. The lowest BCUT2D eigenvalue weighted by Gasteiger charge is -2.36. The molecule has 0 spiro atoms. The number of benzene rings is 1. The highest BCUT2D eigenvalue weighted by Crippen LogP contribution is 2.34. The number of fused-ring (bicyclic) bond motifs is 1. The van der Waals surface area contributed by atoms with Crippen LogP contribution in [0.5, 0.6) is 5.75 Å². The van der Waals surface area contributed by atoms with Gasteiger partial charge < -0.3 is 15.8 Å². The summed E-state index contributed by atoms with van der Waals surface area (Å²) in [6.45, 7) is 5.74. The molecular formula is C14H21N3O. The maximum atomic E-state index is 5.85. The van der Waals surface area contributed by atoms with Crippen LogP contribution in [0.25, 0.3) is 0 Å². The van der Waals surface area contributed by atoms with Gasteiger partial charge in [-0.2, -0.15) is 0 Å². The number of nitrogens with two attached hydrogens (primary N) is 1. The molecule has 0 amide bonds. The summed E-state index contributed by atoms with van der Waals surface area (Å²) in [6, 6.07) is 8.85. The molecule has 0 aromatic heterocycles. The molecule has 0 bridgehead atoms. The average Bonchev–Trinajstić information content (AvgIpc) is 2.83. The van der Waals surface area contributed by atoms with E-state index in [1.165, 1.54) is 5.56 Å². The predicted octanol–water partition coefficient (Wildman–Crippen LogP) is 0.395. The fourth-order valence-corrected chi connectivity index (χ4v) is 2.94. The highest BCUT2D eigenvalue weighted by atomic mass is 16.5. The van der Waals surface area contributed by atoms with Gasteiger partial charge in [-0.3, -0.25) is 4.90 Å². The smallest absolute Gasteiger partial charge is 0.122 e.